The van der Waals surface area contributed by atoms with Crippen molar-refractivity contribution in [2.24, 2.45) is 11.7 Å². The lowest BCUT2D eigenvalue weighted by atomic mass is 10.2. The molecular formula is C12H18ClN3O5S. The molecule has 10 heteroatoms. The SMILES string of the molecule is COc1ccc([N+](=O)[O-])cc1S(=O)(=O)NCC(N)C1CC1.Cl. The fourth-order valence-electron chi connectivity index (χ4n) is 1.96. The molecule has 0 bridgehead atoms. The van der Waals surface area contributed by atoms with Crippen LogP contribution in [0.15, 0.2) is 23.1 Å². The van der Waals surface area contributed by atoms with E-state index in [-0.39, 0.29) is 41.3 Å². The highest BCUT2D eigenvalue weighted by molar-refractivity contribution is 7.89. The Kier molecular flexibility index (Phi) is 6.12. The summed E-state index contributed by atoms with van der Waals surface area (Å²) in [5.41, 5.74) is 5.53. The van der Waals surface area contributed by atoms with Crippen molar-refractivity contribution in [2.45, 2.75) is 23.8 Å². The molecule has 0 heterocycles. The maximum Gasteiger partial charge on any atom is 0.271 e. The summed E-state index contributed by atoms with van der Waals surface area (Å²) >= 11 is 0. The highest BCUT2D eigenvalue weighted by atomic mass is 35.5. The summed E-state index contributed by atoms with van der Waals surface area (Å²) in [5.74, 6) is 0.396. The molecule has 3 N–H and O–H groups in total. The zero-order valence-electron chi connectivity index (χ0n) is 11.9. The molecule has 1 unspecified atom stereocenters. The molecule has 1 aromatic rings. The lowest BCUT2D eigenvalue weighted by molar-refractivity contribution is -0.385. The van der Waals surface area contributed by atoms with Gasteiger partial charge in [-0.3, -0.25) is 10.1 Å². The van der Waals surface area contributed by atoms with Gasteiger partial charge in [-0.05, 0) is 24.8 Å². The Balaban J connectivity index is 0.00000242. The molecule has 1 aliphatic carbocycles. The number of nitrogens with one attached hydrogen (secondary N) is 1. The molecule has 0 aliphatic heterocycles. The summed E-state index contributed by atoms with van der Waals surface area (Å²) in [4.78, 5) is 9.85. The molecule has 8 nitrogen and oxygen atoms in total. The van der Waals surface area contributed by atoms with Gasteiger partial charge in [-0.2, -0.15) is 0 Å². The van der Waals surface area contributed by atoms with Gasteiger partial charge < -0.3 is 10.5 Å². The van der Waals surface area contributed by atoms with Crippen molar-refractivity contribution in [3.05, 3.63) is 28.3 Å². The number of non-ortho nitro benzene ring substituents is 1. The Hall–Kier alpha value is -1.42. The molecule has 22 heavy (non-hydrogen) atoms. The average molecular weight is 352 g/mol. The van der Waals surface area contributed by atoms with Crippen molar-refractivity contribution in [2.75, 3.05) is 13.7 Å². The first-order chi connectivity index (χ1) is 9.85. The zero-order chi connectivity index (χ0) is 15.6. The van der Waals surface area contributed by atoms with Crippen molar-refractivity contribution in [1.82, 2.24) is 4.72 Å². The first kappa shape index (κ1) is 18.6. The lowest BCUT2D eigenvalue weighted by Gasteiger charge is -2.13. The van der Waals surface area contributed by atoms with E-state index in [9.17, 15) is 18.5 Å². The summed E-state index contributed by atoms with van der Waals surface area (Å²) in [6.07, 6.45) is 2.01. The monoisotopic (exact) mass is 351 g/mol. The van der Waals surface area contributed by atoms with Crippen LogP contribution in [-0.4, -0.2) is 33.0 Å². The standard InChI is InChI=1S/C12H17N3O5S.ClH/c1-20-11-5-4-9(15(16)17)6-12(11)21(18,19)14-7-10(13)8-2-3-8;/h4-6,8,10,14H,2-3,7,13H2,1H3;1H. The van der Waals surface area contributed by atoms with Crippen LogP contribution in [-0.2, 0) is 10.0 Å². The van der Waals surface area contributed by atoms with Gasteiger partial charge in [-0.25, -0.2) is 13.1 Å². The molecule has 0 aromatic heterocycles. The number of sulfonamides is 1. The largest absolute Gasteiger partial charge is 0.495 e. The molecule has 1 aromatic carbocycles. The van der Waals surface area contributed by atoms with Crippen LogP contribution in [0.4, 0.5) is 5.69 Å². The Bertz CT molecular complexity index is 648. The average Bonchev–Trinajstić information content (AvgIpc) is 3.28. The second-order valence-electron chi connectivity index (χ2n) is 4.95. The summed E-state index contributed by atoms with van der Waals surface area (Å²) < 4.78 is 31.9. The minimum absolute atomic E-state index is 0. The molecule has 124 valence electrons. The zero-order valence-corrected chi connectivity index (χ0v) is 13.5. The van der Waals surface area contributed by atoms with Crippen molar-refractivity contribution in [3.63, 3.8) is 0 Å². The first-order valence-corrected chi connectivity index (χ1v) is 7.91. The minimum atomic E-state index is -3.92. The molecule has 1 atom stereocenters. The van der Waals surface area contributed by atoms with Crippen molar-refractivity contribution in [3.8, 4) is 5.75 Å². The number of nitrogens with two attached hydrogens (primary N) is 1. The number of nitrogens with zero attached hydrogens (tertiary/aromatic N) is 1. The number of hydrogen-bond donors (Lipinski definition) is 2. The number of hydrogen-bond acceptors (Lipinski definition) is 6. The van der Waals surface area contributed by atoms with Gasteiger partial charge in [-0.15, -0.1) is 12.4 Å². The van der Waals surface area contributed by atoms with Gasteiger partial charge >= 0.3 is 0 Å². The molecule has 2 rings (SSSR count). The molecule has 0 spiro atoms. The third kappa shape index (κ3) is 4.29. The first-order valence-electron chi connectivity index (χ1n) is 6.43. The summed E-state index contributed by atoms with van der Waals surface area (Å²) in [5, 5.41) is 10.8. The Morgan fingerprint density at radius 1 is 1.50 bits per heavy atom. The number of nitro benzene ring substituents is 1. The maximum absolute atomic E-state index is 12.3. The topological polar surface area (TPSA) is 125 Å². The van der Waals surface area contributed by atoms with Crippen LogP contribution in [0.5, 0.6) is 5.75 Å². The highest BCUT2D eigenvalue weighted by Gasteiger charge is 2.30. The van der Waals surface area contributed by atoms with Crippen LogP contribution in [0, 0.1) is 16.0 Å². The Labute approximate surface area is 134 Å². The van der Waals surface area contributed by atoms with Crippen LogP contribution >= 0.6 is 12.4 Å². The second-order valence-corrected chi connectivity index (χ2v) is 6.68. The molecular weight excluding hydrogens is 334 g/mol. The highest BCUT2D eigenvalue weighted by Crippen LogP contribution is 2.32. The van der Waals surface area contributed by atoms with Crippen molar-refractivity contribution in [1.29, 1.82) is 0 Å². The summed E-state index contributed by atoms with van der Waals surface area (Å²) in [6.45, 7) is 0.0961. The van der Waals surface area contributed by atoms with Gasteiger partial charge in [0.25, 0.3) is 5.69 Å². The third-order valence-electron chi connectivity index (χ3n) is 3.38. The number of rotatable bonds is 7. The Morgan fingerprint density at radius 2 is 2.14 bits per heavy atom. The van der Waals surface area contributed by atoms with Crippen molar-refractivity contribution >= 4 is 28.1 Å². The number of halogens is 1. The normalized spacial score (nSPS) is 15.7. The summed E-state index contributed by atoms with van der Waals surface area (Å²) in [6, 6.07) is 3.18. The molecule has 0 saturated heterocycles. The second kappa shape index (κ2) is 7.23. The predicted molar refractivity (Wildman–Crippen MR) is 82.8 cm³/mol. The number of ether oxygens (including phenoxy) is 1. The van der Waals surface area contributed by atoms with Gasteiger partial charge in [0.05, 0.1) is 12.0 Å². The van der Waals surface area contributed by atoms with E-state index in [0.717, 1.165) is 18.9 Å². The van der Waals surface area contributed by atoms with Gasteiger partial charge in [0.2, 0.25) is 10.0 Å². The van der Waals surface area contributed by atoms with Gasteiger partial charge in [0.15, 0.2) is 0 Å². The van der Waals surface area contributed by atoms with E-state index in [1.54, 1.807) is 0 Å². The summed E-state index contributed by atoms with van der Waals surface area (Å²) in [7, 11) is -2.62. The van der Waals surface area contributed by atoms with Crippen LogP contribution in [0.2, 0.25) is 0 Å². The predicted octanol–water partition coefficient (Wildman–Crippen LogP) is 1.04. The molecule has 1 saturated carbocycles. The maximum atomic E-state index is 12.3. The van der Waals surface area contributed by atoms with Crippen LogP contribution in [0.25, 0.3) is 0 Å². The fourth-order valence-corrected chi connectivity index (χ4v) is 3.22. The van der Waals surface area contributed by atoms with E-state index < -0.39 is 14.9 Å². The molecule has 0 radical (unpaired) electrons. The van der Waals surface area contributed by atoms with Gasteiger partial charge in [0, 0.05) is 24.7 Å². The quantitative estimate of drug-likeness (QED) is 0.558. The van der Waals surface area contributed by atoms with E-state index in [0.29, 0.717) is 5.92 Å². The number of benzene rings is 1. The number of methoxy groups -OCH3 is 1. The van der Waals surface area contributed by atoms with E-state index in [1.807, 2.05) is 0 Å². The fraction of sp³-hybridized carbons (Fsp3) is 0.500. The van der Waals surface area contributed by atoms with E-state index in [4.69, 9.17) is 10.5 Å². The van der Waals surface area contributed by atoms with Crippen molar-refractivity contribution < 1.29 is 18.1 Å². The van der Waals surface area contributed by atoms with E-state index >= 15 is 0 Å². The molecule has 1 fully saturated rings. The minimum Gasteiger partial charge on any atom is -0.495 e. The molecule has 0 amide bonds. The third-order valence-corrected chi connectivity index (χ3v) is 4.83. The molecule has 1 aliphatic rings. The Morgan fingerprint density at radius 3 is 2.64 bits per heavy atom. The number of nitro groups is 1. The van der Waals surface area contributed by atoms with Crippen LogP contribution in [0.1, 0.15) is 12.8 Å². The van der Waals surface area contributed by atoms with E-state index in [2.05, 4.69) is 4.72 Å². The van der Waals surface area contributed by atoms with E-state index in [1.165, 1.54) is 19.2 Å². The lowest BCUT2D eigenvalue weighted by Crippen LogP contribution is -2.38. The van der Waals surface area contributed by atoms with Crippen LogP contribution < -0.4 is 15.2 Å². The van der Waals surface area contributed by atoms with Gasteiger partial charge in [0.1, 0.15) is 10.6 Å². The van der Waals surface area contributed by atoms with Crippen LogP contribution in [0.3, 0.4) is 0 Å². The van der Waals surface area contributed by atoms with Gasteiger partial charge in [-0.1, -0.05) is 0 Å². The smallest absolute Gasteiger partial charge is 0.271 e.